The standard InChI is InChI=1S/C16H27ClN2/c1-4-8-19(9-5-2)16-11-14(6-7-18)15(12-16)10-13(3)17/h4,13-16H,1,5-6,8-12H2,2-3H3/t13?,14?,15?,16-/m1/s1. The summed E-state index contributed by atoms with van der Waals surface area (Å²) in [6, 6.07) is 2.96. The van der Waals surface area contributed by atoms with Gasteiger partial charge in [0.1, 0.15) is 0 Å². The van der Waals surface area contributed by atoms with E-state index >= 15 is 0 Å². The summed E-state index contributed by atoms with van der Waals surface area (Å²) in [5, 5.41) is 9.21. The highest BCUT2D eigenvalue weighted by Gasteiger charge is 2.36. The fourth-order valence-electron chi connectivity index (χ4n) is 3.43. The Kier molecular flexibility index (Phi) is 7.49. The predicted molar refractivity (Wildman–Crippen MR) is 82.2 cm³/mol. The van der Waals surface area contributed by atoms with Gasteiger partial charge in [0.25, 0.3) is 0 Å². The lowest BCUT2D eigenvalue weighted by atomic mass is 9.90. The van der Waals surface area contributed by atoms with Crippen molar-refractivity contribution in [2.45, 2.75) is 57.4 Å². The van der Waals surface area contributed by atoms with Gasteiger partial charge in [0, 0.05) is 24.4 Å². The monoisotopic (exact) mass is 282 g/mol. The Morgan fingerprint density at radius 3 is 2.68 bits per heavy atom. The zero-order valence-electron chi connectivity index (χ0n) is 12.3. The third-order valence-corrected chi connectivity index (χ3v) is 4.37. The topological polar surface area (TPSA) is 27.0 Å². The average molecular weight is 283 g/mol. The minimum absolute atomic E-state index is 0.212. The van der Waals surface area contributed by atoms with E-state index in [4.69, 9.17) is 16.9 Å². The fraction of sp³-hybridized carbons (Fsp3) is 0.812. The summed E-state index contributed by atoms with van der Waals surface area (Å²) in [5.41, 5.74) is 0. The van der Waals surface area contributed by atoms with Crippen LogP contribution >= 0.6 is 11.6 Å². The molecule has 0 heterocycles. The van der Waals surface area contributed by atoms with Crippen LogP contribution in [0.4, 0.5) is 0 Å². The first-order valence-electron chi connectivity index (χ1n) is 7.48. The zero-order chi connectivity index (χ0) is 14.3. The molecule has 1 fully saturated rings. The molecule has 19 heavy (non-hydrogen) atoms. The van der Waals surface area contributed by atoms with E-state index in [1.807, 2.05) is 6.08 Å². The summed E-state index contributed by atoms with van der Waals surface area (Å²) in [6.45, 7) is 10.2. The molecule has 0 radical (unpaired) electrons. The van der Waals surface area contributed by atoms with Gasteiger partial charge < -0.3 is 0 Å². The van der Waals surface area contributed by atoms with Crippen molar-refractivity contribution in [1.29, 1.82) is 5.26 Å². The molecule has 2 nitrogen and oxygen atoms in total. The van der Waals surface area contributed by atoms with Crippen molar-refractivity contribution in [2.24, 2.45) is 11.8 Å². The number of hydrogen-bond donors (Lipinski definition) is 0. The van der Waals surface area contributed by atoms with Gasteiger partial charge >= 0.3 is 0 Å². The van der Waals surface area contributed by atoms with E-state index in [1.165, 1.54) is 12.8 Å². The summed E-state index contributed by atoms with van der Waals surface area (Å²) in [4.78, 5) is 2.52. The Morgan fingerprint density at radius 1 is 1.47 bits per heavy atom. The molecule has 0 aromatic rings. The van der Waals surface area contributed by atoms with Crippen molar-refractivity contribution in [3.8, 4) is 6.07 Å². The van der Waals surface area contributed by atoms with Crippen LogP contribution in [-0.4, -0.2) is 29.4 Å². The average Bonchev–Trinajstić information content (AvgIpc) is 2.72. The lowest BCUT2D eigenvalue weighted by Crippen LogP contribution is -2.34. The van der Waals surface area contributed by atoms with Crippen molar-refractivity contribution in [3.05, 3.63) is 12.7 Å². The Hall–Kier alpha value is -0.520. The molecule has 1 aliphatic rings. The van der Waals surface area contributed by atoms with E-state index in [1.54, 1.807) is 0 Å². The molecule has 108 valence electrons. The lowest BCUT2D eigenvalue weighted by Gasteiger charge is -2.27. The summed E-state index contributed by atoms with van der Waals surface area (Å²) >= 11 is 6.16. The molecule has 0 saturated heterocycles. The Labute approximate surface area is 123 Å². The molecular weight excluding hydrogens is 256 g/mol. The van der Waals surface area contributed by atoms with Gasteiger partial charge in [0.05, 0.1) is 6.07 Å². The highest BCUT2D eigenvalue weighted by Crippen LogP contribution is 2.40. The van der Waals surface area contributed by atoms with Crippen molar-refractivity contribution in [3.63, 3.8) is 0 Å². The molecule has 1 saturated carbocycles. The molecule has 0 bridgehead atoms. The second-order valence-electron chi connectivity index (χ2n) is 5.81. The van der Waals surface area contributed by atoms with Gasteiger partial charge in [-0.1, -0.05) is 13.0 Å². The van der Waals surface area contributed by atoms with Crippen molar-refractivity contribution >= 4 is 11.6 Å². The second-order valence-corrected chi connectivity index (χ2v) is 6.55. The summed E-state index contributed by atoms with van der Waals surface area (Å²) < 4.78 is 0. The normalized spacial score (nSPS) is 28.3. The van der Waals surface area contributed by atoms with E-state index in [9.17, 15) is 0 Å². The second kappa shape index (κ2) is 8.61. The number of halogens is 1. The van der Waals surface area contributed by atoms with Gasteiger partial charge in [-0.15, -0.1) is 18.2 Å². The van der Waals surface area contributed by atoms with Crippen LogP contribution in [0.2, 0.25) is 0 Å². The maximum absolute atomic E-state index is 9.00. The molecule has 3 heteroatoms. The first-order valence-corrected chi connectivity index (χ1v) is 7.91. The minimum Gasteiger partial charge on any atom is -0.297 e. The number of alkyl halides is 1. The molecule has 3 unspecified atom stereocenters. The van der Waals surface area contributed by atoms with Crippen LogP contribution in [-0.2, 0) is 0 Å². The van der Waals surface area contributed by atoms with Crippen LogP contribution in [0, 0.1) is 23.2 Å². The molecule has 0 spiro atoms. The number of nitriles is 1. The van der Waals surface area contributed by atoms with Crippen LogP contribution < -0.4 is 0 Å². The molecule has 0 aromatic heterocycles. The van der Waals surface area contributed by atoms with Gasteiger partial charge in [-0.2, -0.15) is 5.26 Å². The first-order chi connectivity index (χ1) is 9.12. The summed E-state index contributed by atoms with van der Waals surface area (Å²) in [6.07, 6.45) is 7.22. The molecule has 1 rings (SSSR count). The number of nitrogens with zero attached hydrogens (tertiary/aromatic N) is 2. The highest BCUT2D eigenvalue weighted by molar-refractivity contribution is 6.20. The quantitative estimate of drug-likeness (QED) is 0.492. The third-order valence-electron chi connectivity index (χ3n) is 4.19. The largest absolute Gasteiger partial charge is 0.297 e. The van der Waals surface area contributed by atoms with E-state index in [-0.39, 0.29) is 5.38 Å². The SMILES string of the molecule is C=CCN(CCC)[C@@H]1CC(CC#N)C(CC(C)Cl)C1. The van der Waals surface area contributed by atoms with E-state index in [0.717, 1.165) is 25.9 Å². The lowest BCUT2D eigenvalue weighted by molar-refractivity contribution is 0.213. The molecule has 0 aromatic carbocycles. The fourth-order valence-corrected chi connectivity index (χ4v) is 3.66. The molecule has 0 N–H and O–H groups in total. The van der Waals surface area contributed by atoms with Crippen LogP contribution in [0.3, 0.4) is 0 Å². The van der Waals surface area contributed by atoms with Crippen LogP contribution in [0.1, 0.15) is 46.0 Å². The van der Waals surface area contributed by atoms with Crippen molar-refractivity contribution in [2.75, 3.05) is 13.1 Å². The molecule has 1 aliphatic carbocycles. The zero-order valence-corrected chi connectivity index (χ0v) is 13.1. The van der Waals surface area contributed by atoms with Crippen molar-refractivity contribution < 1.29 is 0 Å². The third kappa shape index (κ3) is 5.16. The maximum Gasteiger partial charge on any atom is 0.0624 e. The maximum atomic E-state index is 9.00. The van der Waals surface area contributed by atoms with Crippen LogP contribution in [0.25, 0.3) is 0 Å². The van der Waals surface area contributed by atoms with Crippen molar-refractivity contribution in [1.82, 2.24) is 4.90 Å². The van der Waals surface area contributed by atoms with Gasteiger partial charge in [-0.25, -0.2) is 0 Å². The van der Waals surface area contributed by atoms with E-state index < -0.39 is 0 Å². The van der Waals surface area contributed by atoms with Gasteiger partial charge in [-0.3, -0.25) is 4.90 Å². The smallest absolute Gasteiger partial charge is 0.0624 e. The Morgan fingerprint density at radius 2 is 2.16 bits per heavy atom. The van der Waals surface area contributed by atoms with Gasteiger partial charge in [0.2, 0.25) is 0 Å². The Bertz CT molecular complexity index is 308. The van der Waals surface area contributed by atoms with Crippen LogP contribution in [0.5, 0.6) is 0 Å². The molecule has 0 aliphatic heterocycles. The molecule has 0 amide bonds. The molecule has 4 atom stereocenters. The Balaban J connectivity index is 2.66. The van der Waals surface area contributed by atoms with Gasteiger partial charge in [-0.05, 0) is 51.0 Å². The van der Waals surface area contributed by atoms with E-state index in [0.29, 0.717) is 24.3 Å². The molecular formula is C16H27ClN2. The number of hydrogen-bond acceptors (Lipinski definition) is 2. The first kappa shape index (κ1) is 16.5. The number of rotatable bonds is 8. The predicted octanol–water partition coefficient (Wildman–Crippen LogP) is 4.21. The van der Waals surface area contributed by atoms with Gasteiger partial charge in [0.15, 0.2) is 0 Å². The van der Waals surface area contributed by atoms with Crippen LogP contribution in [0.15, 0.2) is 12.7 Å². The summed E-state index contributed by atoms with van der Waals surface area (Å²) in [7, 11) is 0. The summed E-state index contributed by atoms with van der Waals surface area (Å²) in [5.74, 6) is 1.14. The highest BCUT2D eigenvalue weighted by atomic mass is 35.5. The van der Waals surface area contributed by atoms with E-state index in [2.05, 4.69) is 31.4 Å². The minimum atomic E-state index is 0.212.